The quantitative estimate of drug-likeness (QED) is 0.813. The minimum atomic E-state index is -1.04. The third-order valence-electron chi connectivity index (χ3n) is 2.69. The maximum Gasteiger partial charge on any atom is 0.323 e. The topological polar surface area (TPSA) is 96.5 Å². The number of nitrogens with zero attached hydrogens (tertiary/aromatic N) is 2. The fourth-order valence-corrected chi connectivity index (χ4v) is 1.47. The number of aromatic nitrogens is 1. The second kappa shape index (κ2) is 6.00. The van der Waals surface area contributed by atoms with E-state index in [4.69, 9.17) is 10.8 Å². The van der Waals surface area contributed by atoms with Gasteiger partial charge in [-0.1, -0.05) is 6.92 Å². The molecule has 0 radical (unpaired) electrons. The number of nitrogens with two attached hydrogens (primary N) is 1. The summed E-state index contributed by atoms with van der Waals surface area (Å²) in [4.78, 5) is 28.1. The van der Waals surface area contributed by atoms with Crippen LogP contribution in [0, 0.1) is 0 Å². The van der Waals surface area contributed by atoms with Crippen molar-refractivity contribution in [2.24, 2.45) is 0 Å². The van der Waals surface area contributed by atoms with Crippen molar-refractivity contribution in [3.63, 3.8) is 0 Å². The van der Waals surface area contributed by atoms with E-state index in [1.165, 1.54) is 17.2 Å². The fourth-order valence-electron chi connectivity index (χ4n) is 1.47. The van der Waals surface area contributed by atoms with Gasteiger partial charge in [0.1, 0.15) is 12.2 Å². The molecule has 18 heavy (non-hydrogen) atoms. The summed E-state index contributed by atoms with van der Waals surface area (Å²) in [6.07, 6.45) is 2.05. The number of hydrogen-bond acceptors (Lipinski definition) is 4. The Morgan fingerprint density at radius 1 is 1.50 bits per heavy atom. The Morgan fingerprint density at radius 2 is 2.17 bits per heavy atom. The summed E-state index contributed by atoms with van der Waals surface area (Å²) in [5.41, 5.74) is 6.15. The molecule has 1 heterocycles. The van der Waals surface area contributed by atoms with Crippen LogP contribution < -0.4 is 5.73 Å². The molecule has 1 amide bonds. The summed E-state index contributed by atoms with van der Waals surface area (Å²) in [7, 11) is 0. The lowest BCUT2D eigenvalue weighted by atomic mass is 10.2. The van der Waals surface area contributed by atoms with Gasteiger partial charge in [-0.2, -0.15) is 0 Å². The second-order valence-electron chi connectivity index (χ2n) is 4.06. The van der Waals surface area contributed by atoms with Crippen molar-refractivity contribution in [2.45, 2.75) is 26.3 Å². The number of rotatable bonds is 5. The smallest absolute Gasteiger partial charge is 0.323 e. The predicted molar refractivity (Wildman–Crippen MR) is 67.1 cm³/mol. The average Bonchev–Trinajstić information content (AvgIpc) is 2.35. The zero-order valence-electron chi connectivity index (χ0n) is 10.5. The number of nitrogen functional groups attached to an aromatic ring is 1. The van der Waals surface area contributed by atoms with Gasteiger partial charge in [0.15, 0.2) is 0 Å². The largest absolute Gasteiger partial charge is 0.480 e. The molecule has 1 atom stereocenters. The van der Waals surface area contributed by atoms with Crippen LogP contribution in [0.4, 0.5) is 5.69 Å². The highest BCUT2D eigenvalue weighted by Gasteiger charge is 2.23. The van der Waals surface area contributed by atoms with Crippen LogP contribution >= 0.6 is 0 Å². The predicted octanol–water partition coefficient (Wildman–Crippen LogP) is 0.989. The molecule has 6 heteroatoms. The van der Waals surface area contributed by atoms with Crippen LogP contribution in [0.15, 0.2) is 18.3 Å². The Kier molecular flexibility index (Phi) is 4.65. The number of carbonyl (C=O) groups is 2. The summed E-state index contributed by atoms with van der Waals surface area (Å²) in [6, 6.07) is 2.90. The Bertz CT molecular complexity index is 431. The van der Waals surface area contributed by atoms with Gasteiger partial charge in [-0.05, 0) is 25.5 Å². The van der Waals surface area contributed by atoms with Gasteiger partial charge in [0, 0.05) is 6.04 Å². The van der Waals surface area contributed by atoms with Crippen LogP contribution in [0.5, 0.6) is 0 Å². The van der Waals surface area contributed by atoms with Gasteiger partial charge < -0.3 is 15.7 Å². The van der Waals surface area contributed by atoms with Gasteiger partial charge in [-0.15, -0.1) is 0 Å². The van der Waals surface area contributed by atoms with E-state index < -0.39 is 11.9 Å². The number of carboxylic acid groups (broad SMARTS) is 1. The van der Waals surface area contributed by atoms with Crippen molar-refractivity contribution < 1.29 is 14.7 Å². The molecule has 0 spiro atoms. The van der Waals surface area contributed by atoms with E-state index in [0.29, 0.717) is 12.1 Å². The fraction of sp³-hybridized carbons (Fsp3) is 0.417. The first-order valence-electron chi connectivity index (χ1n) is 5.70. The summed E-state index contributed by atoms with van der Waals surface area (Å²) < 4.78 is 0. The molecule has 1 aromatic rings. The van der Waals surface area contributed by atoms with Gasteiger partial charge >= 0.3 is 5.97 Å². The molecule has 0 aliphatic carbocycles. The van der Waals surface area contributed by atoms with Crippen LogP contribution in [-0.4, -0.2) is 39.5 Å². The second-order valence-corrected chi connectivity index (χ2v) is 4.06. The maximum atomic E-state index is 12.2. The lowest BCUT2D eigenvalue weighted by molar-refractivity contribution is -0.138. The standard InChI is InChI=1S/C12H17N3O3/c1-3-8(2)15(7-11(16)17)12(18)10-5-4-9(13)6-14-10/h4-6,8H,3,7,13H2,1-2H3,(H,16,17). The number of carboxylic acids is 1. The maximum absolute atomic E-state index is 12.2. The lowest BCUT2D eigenvalue weighted by Gasteiger charge is -2.26. The molecule has 3 N–H and O–H groups in total. The molecule has 1 rings (SSSR count). The highest BCUT2D eigenvalue weighted by Crippen LogP contribution is 2.10. The molecule has 0 bridgehead atoms. The third-order valence-corrected chi connectivity index (χ3v) is 2.69. The normalized spacial score (nSPS) is 11.9. The number of amides is 1. The molecule has 98 valence electrons. The number of hydrogen-bond donors (Lipinski definition) is 2. The Balaban J connectivity index is 2.94. The summed E-state index contributed by atoms with van der Waals surface area (Å²) in [5, 5.41) is 8.83. The van der Waals surface area contributed by atoms with Crippen molar-refractivity contribution in [3.05, 3.63) is 24.0 Å². The molecule has 0 saturated carbocycles. The van der Waals surface area contributed by atoms with E-state index in [2.05, 4.69) is 4.98 Å². The van der Waals surface area contributed by atoms with Crippen LogP contribution in [-0.2, 0) is 4.79 Å². The monoisotopic (exact) mass is 251 g/mol. The van der Waals surface area contributed by atoms with Gasteiger partial charge in [0.05, 0.1) is 11.9 Å². The minimum Gasteiger partial charge on any atom is -0.480 e. The third kappa shape index (κ3) is 3.44. The van der Waals surface area contributed by atoms with Gasteiger partial charge in [0.2, 0.25) is 0 Å². The van der Waals surface area contributed by atoms with Crippen LogP contribution in [0.1, 0.15) is 30.8 Å². The van der Waals surface area contributed by atoms with E-state index in [-0.39, 0.29) is 18.3 Å². The van der Waals surface area contributed by atoms with E-state index in [9.17, 15) is 9.59 Å². The van der Waals surface area contributed by atoms with E-state index in [1.54, 1.807) is 13.0 Å². The zero-order chi connectivity index (χ0) is 13.7. The van der Waals surface area contributed by atoms with E-state index in [1.807, 2.05) is 6.92 Å². The van der Waals surface area contributed by atoms with Crippen molar-refractivity contribution in [1.29, 1.82) is 0 Å². The number of aliphatic carboxylic acids is 1. The molecule has 0 fully saturated rings. The lowest BCUT2D eigenvalue weighted by Crippen LogP contribution is -2.42. The van der Waals surface area contributed by atoms with Gasteiger partial charge in [0.25, 0.3) is 5.91 Å². The first-order chi connectivity index (χ1) is 8.45. The molecule has 0 saturated heterocycles. The Morgan fingerprint density at radius 3 is 2.61 bits per heavy atom. The van der Waals surface area contributed by atoms with Crippen LogP contribution in [0.25, 0.3) is 0 Å². The number of anilines is 1. The van der Waals surface area contributed by atoms with E-state index >= 15 is 0 Å². The van der Waals surface area contributed by atoms with Crippen molar-refractivity contribution in [2.75, 3.05) is 12.3 Å². The molecular weight excluding hydrogens is 234 g/mol. The highest BCUT2D eigenvalue weighted by molar-refractivity contribution is 5.94. The van der Waals surface area contributed by atoms with Gasteiger partial charge in [-0.3, -0.25) is 9.59 Å². The molecule has 0 aliphatic heterocycles. The molecule has 1 unspecified atom stereocenters. The molecule has 1 aromatic heterocycles. The van der Waals surface area contributed by atoms with Crippen LogP contribution in [0.2, 0.25) is 0 Å². The van der Waals surface area contributed by atoms with Crippen molar-refractivity contribution >= 4 is 17.6 Å². The Hall–Kier alpha value is -2.11. The number of carbonyl (C=O) groups excluding carboxylic acids is 1. The molecule has 0 aliphatic rings. The van der Waals surface area contributed by atoms with Crippen LogP contribution in [0.3, 0.4) is 0 Å². The Labute approximate surface area is 105 Å². The van der Waals surface area contributed by atoms with Crippen molar-refractivity contribution in [1.82, 2.24) is 9.88 Å². The zero-order valence-corrected chi connectivity index (χ0v) is 10.5. The molecule has 6 nitrogen and oxygen atoms in total. The van der Waals surface area contributed by atoms with Gasteiger partial charge in [-0.25, -0.2) is 4.98 Å². The van der Waals surface area contributed by atoms with E-state index in [0.717, 1.165) is 0 Å². The highest BCUT2D eigenvalue weighted by atomic mass is 16.4. The minimum absolute atomic E-state index is 0.159. The number of pyridine rings is 1. The first kappa shape index (κ1) is 14.0. The molecule has 0 aromatic carbocycles. The average molecular weight is 251 g/mol. The first-order valence-corrected chi connectivity index (χ1v) is 5.70. The summed E-state index contributed by atoms with van der Waals surface area (Å²) >= 11 is 0. The SMILES string of the molecule is CCC(C)N(CC(=O)O)C(=O)c1ccc(N)cn1. The summed E-state index contributed by atoms with van der Waals surface area (Å²) in [6.45, 7) is 3.36. The summed E-state index contributed by atoms with van der Waals surface area (Å²) in [5.74, 6) is -1.44. The van der Waals surface area contributed by atoms with Crippen molar-refractivity contribution in [3.8, 4) is 0 Å². The molecular formula is C12H17N3O3.